The summed E-state index contributed by atoms with van der Waals surface area (Å²) >= 11 is 7.24. The number of halogens is 2. The lowest BCUT2D eigenvalue weighted by Gasteiger charge is -2.43. The van der Waals surface area contributed by atoms with Crippen molar-refractivity contribution in [3.05, 3.63) is 84.7 Å². The van der Waals surface area contributed by atoms with Crippen molar-refractivity contribution in [1.82, 2.24) is 0 Å². The van der Waals surface area contributed by atoms with E-state index in [2.05, 4.69) is 59.6 Å². The molecule has 2 aromatic rings. The summed E-state index contributed by atoms with van der Waals surface area (Å²) in [5.74, 6) is 0.210. The van der Waals surface area contributed by atoms with E-state index in [1.54, 1.807) is 12.1 Å². The van der Waals surface area contributed by atoms with Crippen LogP contribution in [0.5, 0.6) is 5.75 Å². The molecule has 8 heteroatoms. The summed E-state index contributed by atoms with van der Waals surface area (Å²) in [4.78, 5) is 38.6. The van der Waals surface area contributed by atoms with Gasteiger partial charge in [0.05, 0.1) is 16.0 Å². The van der Waals surface area contributed by atoms with Crippen LogP contribution in [0.2, 0.25) is 0 Å². The van der Waals surface area contributed by atoms with Crippen LogP contribution in [0.15, 0.2) is 68.0 Å². The minimum absolute atomic E-state index is 0.0123. The molecule has 204 valence electrons. The van der Waals surface area contributed by atoms with E-state index in [4.69, 9.17) is 9.47 Å². The third kappa shape index (κ3) is 5.50. The molecule has 1 aliphatic heterocycles. The van der Waals surface area contributed by atoms with E-state index in [1.807, 2.05) is 12.1 Å². The van der Waals surface area contributed by atoms with E-state index in [0.717, 1.165) is 10.0 Å². The van der Waals surface area contributed by atoms with Crippen molar-refractivity contribution in [2.24, 2.45) is 10.8 Å². The summed E-state index contributed by atoms with van der Waals surface area (Å²) in [7, 11) is 0. The number of ketones is 2. The molecule has 0 atom stereocenters. The van der Waals surface area contributed by atoms with Crippen molar-refractivity contribution in [1.29, 1.82) is 0 Å². The van der Waals surface area contributed by atoms with Gasteiger partial charge in [-0.3, -0.25) is 9.59 Å². The zero-order valence-corrected chi connectivity index (χ0v) is 25.5. The topological polar surface area (TPSA) is 89.9 Å². The second-order valence-electron chi connectivity index (χ2n) is 12.2. The normalized spacial score (nSPS) is 20.4. The highest BCUT2D eigenvalue weighted by Gasteiger charge is 2.48. The molecule has 2 aliphatic carbocycles. The lowest BCUT2D eigenvalue weighted by Crippen LogP contribution is -2.37. The van der Waals surface area contributed by atoms with Gasteiger partial charge in [0.1, 0.15) is 23.9 Å². The molecular formula is C31H30Br2O6. The molecule has 0 spiro atoms. The van der Waals surface area contributed by atoms with Gasteiger partial charge in [-0.25, -0.2) is 4.79 Å². The SMILES string of the molecule is CC1(C)CC(=O)C2=C(C1)OC1=C(C(=O)CC(C)(C)C1)C2c1cc(Br)cc(Br)c1OCc1ccc(C(=O)O)cc1. The highest BCUT2D eigenvalue weighted by Crippen LogP contribution is 2.55. The van der Waals surface area contributed by atoms with E-state index in [9.17, 15) is 19.5 Å². The Hall–Kier alpha value is -2.71. The summed E-state index contributed by atoms with van der Waals surface area (Å²) in [5.41, 5.74) is 2.30. The standard InChI is InChI=1S/C31H30Br2O6/c1-30(2)11-21(34)26-23(13-30)39-24-14-31(3,4)12-22(35)27(24)25(26)19-9-18(32)10-20(33)28(19)38-15-16-5-7-17(8-6-16)29(36)37/h5-10,25H,11-15H2,1-4H3,(H,36,37). The van der Waals surface area contributed by atoms with Crippen LogP contribution in [0, 0.1) is 10.8 Å². The quantitative estimate of drug-likeness (QED) is 0.352. The van der Waals surface area contributed by atoms with Crippen molar-refractivity contribution >= 4 is 49.4 Å². The fourth-order valence-electron chi connectivity index (χ4n) is 5.83. The minimum atomic E-state index is -0.992. The molecule has 39 heavy (non-hydrogen) atoms. The molecule has 0 saturated carbocycles. The fourth-order valence-corrected chi connectivity index (χ4v) is 7.20. The molecule has 0 aromatic heterocycles. The number of rotatable bonds is 5. The molecule has 0 bridgehead atoms. The van der Waals surface area contributed by atoms with Gasteiger partial charge >= 0.3 is 5.97 Å². The lowest BCUT2D eigenvalue weighted by atomic mass is 9.65. The van der Waals surface area contributed by atoms with E-state index >= 15 is 0 Å². The lowest BCUT2D eigenvalue weighted by molar-refractivity contribution is -0.120. The van der Waals surface area contributed by atoms with Crippen molar-refractivity contribution < 1.29 is 29.0 Å². The van der Waals surface area contributed by atoms with Crippen LogP contribution in [0.4, 0.5) is 0 Å². The number of Topliss-reactive ketones (excluding diaryl/α,β-unsaturated/α-hetero) is 2. The second kappa shape index (κ2) is 10.0. The Bertz CT molecular complexity index is 1410. The van der Waals surface area contributed by atoms with Gasteiger partial charge in [0.2, 0.25) is 0 Å². The number of carbonyl (C=O) groups excluding carboxylic acids is 2. The average Bonchev–Trinajstić information content (AvgIpc) is 2.80. The maximum Gasteiger partial charge on any atom is 0.335 e. The predicted molar refractivity (Wildman–Crippen MR) is 153 cm³/mol. The van der Waals surface area contributed by atoms with Crippen LogP contribution < -0.4 is 4.74 Å². The number of carboxylic acid groups (broad SMARTS) is 1. The number of hydrogen-bond donors (Lipinski definition) is 1. The molecule has 1 heterocycles. The van der Waals surface area contributed by atoms with Gasteiger partial charge in [-0.1, -0.05) is 55.8 Å². The van der Waals surface area contributed by atoms with Gasteiger partial charge < -0.3 is 14.6 Å². The minimum Gasteiger partial charge on any atom is -0.487 e. The van der Waals surface area contributed by atoms with Gasteiger partial charge in [-0.05, 0) is 56.6 Å². The van der Waals surface area contributed by atoms with Crippen molar-refractivity contribution in [3.8, 4) is 5.75 Å². The number of ether oxygens (including phenoxy) is 2. The number of hydrogen-bond acceptors (Lipinski definition) is 5. The molecule has 0 radical (unpaired) electrons. The molecule has 3 aliphatic rings. The first kappa shape index (κ1) is 27.8. The summed E-state index contributed by atoms with van der Waals surface area (Å²) < 4.78 is 14.2. The van der Waals surface area contributed by atoms with Crippen molar-refractivity contribution in [2.75, 3.05) is 0 Å². The van der Waals surface area contributed by atoms with Crippen molar-refractivity contribution in [3.63, 3.8) is 0 Å². The molecular weight excluding hydrogens is 628 g/mol. The Morgan fingerprint density at radius 3 is 1.97 bits per heavy atom. The first-order chi connectivity index (χ1) is 18.2. The van der Waals surface area contributed by atoms with E-state index in [1.165, 1.54) is 12.1 Å². The predicted octanol–water partition coefficient (Wildman–Crippen LogP) is 7.89. The number of carboxylic acids is 1. The van der Waals surface area contributed by atoms with Crippen LogP contribution in [0.1, 0.15) is 80.8 Å². The zero-order valence-electron chi connectivity index (χ0n) is 22.3. The Labute approximate surface area is 244 Å². The molecule has 2 aromatic carbocycles. The number of carbonyl (C=O) groups is 3. The summed E-state index contributed by atoms with van der Waals surface area (Å²) in [6.45, 7) is 8.43. The Balaban J connectivity index is 1.63. The monoisotopic (exact) mass is 656 g/mol. The average molecular weight is 658 g/mol. The van der Waals surface area contributed by atoms with Crippen LogP contribution in [0.25, 0.3) is 0 Å². The summed E-state index contributed by atoms with van der Waals surface area (Å²) in [5, 5.41) is 9.21. The van der Waals surface area contributed by atoms with Crippen molar-refractivity contribution in [2.45, 2.75) is 65.9 Å². The van der Waals surface area contributed by atoms with Crippen LogP contribution >= 0.6 is 31.9 Å². The maximum absolute atomic E-state index is 13.7. The smallest absolute Gasteiger partial charge is 0.335 e. The summed E-state index contributed by atoms with van der Waals surface area (Å²) in [6.07, 6.45) is 1.96. The van der Waals surface area contributed by atoms with Crippen LogP contribution in [-0.4, -0.2) is 22.6 Å². The largest absolute Gasteiger partial charge is 0.487 e. The molecule has 0 amide bonds. The summed E-state index contributed by atoms with van der Waals surface area (Å²) in [6, 6.07) is 10.3. The molecule has 5 rings (SSSR count). The molecule has 0 unspecified atom stereocenters. The Morgan fingerprint density at radius 2 is 1.46 bits per heavy atom. The van der Waals surface area contributed by atoms with Gasteiger partial charge in [0, 0.05) is 46.9 Å². The van der Waals surface area contributed by atoms with E-state index in [0.29, 0.717) is 64.1 Å². The molecule has 6 nitrogen and oxygen atoms in total. The van der Waals surface area contributed by atoms with Gasteiger partial charge in [-0.2, -0.15) is 0 Å². The zero-order chi connectivity index (χ0) is 28.3. The highest BCUT2D eigenvalue weighted by atomic mass is 79.9. The number of allylic oxidation sites excluding steroid dienone is 4. The molecule has 1 N–H and O–H groups in total. The first-order valence-corrected chi connectivity index (χ1v) is 14.5. The van der Waals surface area contributed by atoms with Gasteiger partial charge in [-0.15, -0.1) is 0 Å². The first-order valence-electron chi connectivity index (χ1n) is 12.9. The van der Waals surface area contributed by atoms with Crippen LogP contribution in [-0.2, 0) is 20.9 Å². The maximum atomic E-state index is 13.7. The number of aromatic carboxylic acids is 1. The third-order valence-corrected chi connectivity index (χ3v) is 8.56. The Morgan fingerprint density at radius 1 is 0.923 bits per heavy atom. The highest BCUT2D eigenvalue weighted by molar-refractivity contribution is 9.11. The van der Waals surface area contributed by atoms with Crippen LogP contribution in [0.3, 0.4) is 0 Å². The third-order valence-electron chi connectivity index (χ3n) is 7.51. The number of benzene rings is 2. The van der Waals surface area contributed by atoms with Gasteiger partial charge in [0.25, 0.3) is 0 Å². The molecule has 0 saturated heterocycles. The fraction of sp³-hybridized carbons (Fsp3) is 0.387. The molecule has 0 fully saturated rings. The second-order valence-corrected chi connectivity index (χ2v) is 14.0. The Kier molecular flexibility index (Phi) is 7.17. The van der Waals surface area contributed by atoms with E-state index < -0.39 is 11.9 Å². The van der Waals surface area contributed by atoms with E-state index in [-0.39, 0.29) is 34.6 Å². The van der Waals surface area contributed by atoms with Gasteiger partial charge in [0.15, 0.2) is 11.6 Å².